The summed E-state index contributed by atoms with van der Waals surface area (Å²) in [5, 5.41) is 0. The highest BCUT2D eigenvalue weighted by Crippen LogP contribution is 2.37. The first kappa shape index (κ1) is 14.6. The third kappa shape index (κ3) is 2.99. The van der Waals surface area contributed by atoms with Crippen LogP contribution in [-0.4, -0.2) is 0 Å². The van der Waals surface area contributed by atoms with E-state index in [9.17, 15) is 0 Å². The minimum absolute atomic E-state index is 0.633. The molecule has 112 valence electrons. The molecule has 2 aromatic carbocycles. The molecule has 0 saturated carbocycles. The van der Waals surface area contributed by atoms with Gasteiger partial charge in [-0.15, -0.1) is 0 Å². The van der Waals surface area contributed by atoms with Gasteiger partial charge in [0.05, 0.1) is 0 Å². The van der Waals surface area contributed by atoms with Gasteiger partial charge >= 0.3 is 0 Å². The van der Waals surface area contributed by atoms with E-state index in [0.717, 1.165) is 12.1 Å². The number of aryl methyl sites for hydroxylation is 1. The molecule has 2 aromatic rings. The predicted octanol–water partition coefficient (Wildman–Crippen LogP) is 5.47. The van der Waals surface area contributed by atoms with Crippen LogP contribution in [0.5, 0.6) is 0 Å². The van der Waals surface area contributed by atoms with E-state index >= 15 is 0 Å². The SMILES string of the molecule is CCC1C=CC(c2ccc(N)cc2)=C(c2ccc(C)cc2)C1. The Morgan fingerprint density at radius 2 is 1.59 bits per heavy atom. The van der Waals surface area contributed by atoms with Crippen molar-refractivity contribution < 1.29 is 0 Å². The molecule has 2 N–H and O–H groups in total. The largest absolute Gasteiger partial charge is 0.399 e. The molecule has 1 atom stereocenters. The van der Waals surface area contributed by atoms with Crippen molar-refractivity contribution in [1.29, 1.82) is 0 Å². The van der Waals surface area contributed by atoms with E-state index in [1.807, 2.05) is 12.1 Å². The van der Waals surface area contributed by atoms with E-state index in [2.05, 4.69) is 62.4 Å². The number of nitrogen functional groups attached to an aromatic ring is 1. The molecule has 0 radical (unpaired) electrons. The number of benzene rings is 2. The Balaban J connectivity index is 2.09. The first-order chi connectivity index (χ1) is 10.7. The van der Waals surface area contributed by atoms with E-state index in [4.69, 9.17) is 5.73 Å². The molecule has 1 heteroatoms. The maximum absolute atomic E-state index is 5.83. The molecule has 0 fully saturated rings. The van der Waals surface area contributed by atoms with Crippen LogP contribution in [0.1, 0.15) is 36.5 Å². The van der Waals surface area contributed by atoms with Gasteiger partial charge in [-0.2, -0.15) is 0 Å². The summed E-state index contributed by atoms with van der Waals surface area (Å²) in [5.74, 6) is 0.633. The fourth-order valence-corrected chi connectivity index (χ4v) is 3.01. The van der Waals surface area contributed by atoms with Crippen molar-refractivity contribution in [1.82, 2.24) is 0 Å². The van der Waals surface area contributed by atoms with Gasteiger partial charge in [0.15, 0.2) is 0 Å². The second-order valence-electron chi connectivity index (χ2n) is 6.11. The van der Waals surface area contributed by atoms with Gasteiger partial charge in [-0.25, -0.2) is 0 Å². The maximum Gasteiger partial charge on any atom is 0.0314 e. The lowest BCUT2D eigenvalue weighted by molar-refractivity contribution is 0.643. The van der Waals surface area contributed by atoms with Crippen LogP contribution in [0, 0.1) is 12.8 Å². The van der Waals surface area contributed by atoms with Crippen molar-refractivity contribution in [3.8, 4) is 0 Å². The van der Waals surface area contributed by atoms with Gasteiger partial charge < -0.3 is 5.73 Å². The molecule has 1 aliphatic rings. The zero-order valence-corrected chi connectivity index (χ0v) is 13.3. The van der Waals surface area contributed by atoms with Gasteiger partial charge in [0.1, 0.15) is 0 Å². The smallest absolute Gasteiger partial charge is 0.0314 e. The first-order valence-electron chi connectivity index (χ1n) is 8.01. The Kier molecular flexibility index (Phi) is 4.15. The molecule has 3 rings (SSSR count). The molecule has 0 aromatic heterocycles. The molecule has 1 aliphatic carbocycles. The average Bonchev–Trinajstić information content (AvgIpc) is 2.56. The minimum atomic E-state index is 0.633. The molecule has 22 heavy (non-hydrogen) atoms. The summed E-state index contributed by atoms with van der Waals surface area (Å²) in [6, 6.07) is 17.1. The van der Waals surface area contributed by atoms with E-state index in [0.29, 0.717) is 5.92 Å². The van der Waals surface area contributed by atoms with Crippen LogP contribution in [0.3, 0.4) is 0 Å². The highest BCUT2D eigenvalue weighted by atomic mass is 14.5. The van der Waals surface area contributed by atoms with Crippen molar-refractivity contribution in [2.75, 3.05) is 5.73 Å². The number of nitrogens with two attached hydrogens (primary N) is 1. The topological polar surface area (TPSA) is 26.0 Å². The summed E-state index contributed by atoms with van der Waals surface area (Å²) in [6.07, 6.45) is 6.93. The summed E-state index contributed by atoms with van der Waals surface area (Å²) < 4.78 is 0. The molecular formula is C21H23N. The van der Waals surface area contributed by atoms with Gasteiger partial charge in [-0.3, -0.25) is 0 Å². The summed E-state index contributed by atoms with van der Waals surface area (Å²) in [6.45, 7) is 4.39. The van der Waals surface area contributed by atoms with Crippen LogP contribution in [0.4, 0.5) is 5.69 Å². The summed E-state index contributed by atoms with van der Waals surface area (Å²) in [4.78, 5) is 0. The normalized spacial score (nSPS) is 17.8. The van der Waals surface area contributed by atoms with Crippen LogP contribution in [-0.2, 0) is 0 Å². The molecule has 0 spiro atoms. The maximum atomic E-state index is 5.83. The van der Waals surface area contributed by atoms with Crippen molar-refractivity contribution in [3.63, 3.8) is 0 Å². The Bertz CT molecular complexity index is 703. The Labute approximate surface area is 133 Å². The van der Waals surface area contributed by atoms with Gasteiger partial charge in [-0.05, 0) is 60.1 Å². The van der Waals surface area contributed by atoms with E-state index in [1.165, 1.54) is 34.3 Å². The first-order valence-corrected chi connectivity index (χ1v) is 8.01. The Morgan fingerprint density at radius 1 is 0.955 bits per heavy atom. The zero-order valence-electron chi connectivity index (χ0n) is 13.3. The molecule has 0 saturated heterocycles. The molecule has 0 heterocycles. The second kappa shape index (κ2) is 6.23. The van der Waals surface area contributed by atoms with Crippen LogP contribution in [0.15, 0.2) is 60.7 Å². The quantitative estimate of drug-likeness (QED) is 0.744. The predicted molar refractivity (Wildman–Crippen MR) is 96.4 cm³/mol. The third-order valence-corrected chi connectivity index (χ3v) is 4.47. The van der Waals surface area contributed by atoms with E-state index in [1.54, 1.807) is 0 Å². The molecule has 1 nitrogen and oxygen atoms in total. The van der Waals surface area contributed by atoms with Crippen LogP contribution < -0.4 is 5.73 Å². The number of hydrogen-bond acceptors (Lipinski definition) is 1. The lowest BCUT2D eigenvalue weighted by Gasteiger charge is -2.23. The average molecular weight is 289 g/mol. The van der Waals surface area contributed by atoms with Crippen molar-refractivity contribution in [2.24, 2.45) is 5.92 Å². The van der Waals surface area contributed by atoms with E-state index in [-0.39, 0.29) is 0 Å². The third-order valence-electron chi connectivity index (χ3n) is 4.47. The van der Waals surface area contributed by atoms with E-state index < -0.39 is 0 Å². The fourth-order valence-electron chi connectivity index (χ4n) is 3.01. The second-order valence-corrected chi connectivity index (χ2v) is 6.11. The Hall–Kier alpha value is -2.28. The van der Waals surface area contributed by atoms with Crippen LogP contribution >= 0.6 is 0 Å². The minimum Gasteiger partial charge on any atom is -0.399 e. The zero-order chi connectivity index (χ0) is 15.5. The standard InChI is InChI=1S/C21H23N/c1-3-16-6-13-20(17-9-11-19(22)12-10-17)21(14-16)18-7-4-15(2)5-8-18/h4-13,16H,3,14,22H2,1-2H3. The number of allylic oxidation sites excluding steroid dienone is 4. The summed E-state index contributed by atoms with van der Waals surface area (Å²) in [5.41, 5.74) is 13.3. The lowest BCUT2D eigenvalue weighted by atomic mass is 9.82. The molecular weight excluding hydrogens is 266 g/mol. The lowest BCUT2D eigenvalue weighted by Crippen LogP contribution is -2.04. The molecule has 1 unspecified atom stereocenters. The van der Waals surface area contributed by atoms with Gasteiger partial charge in [-0.1, -0.05) is 61.0 Å². The summed E-state index contributed by atoms with van der Waals surface area (Å²) in [7, 11) is 0. The van der Waals surface area contributed by atoms with Crippen molar-refractivity contribution in [2.45, 2.75) is 26.7 Å². The number of rotatable bonds is 3. The highest BCUT2D eigenvalue weighted by Gasteiger charge is 2.17. The van der Waals surface area contributed by atoms with Gasteiger partial charge in [0.25, 0.3) is 0 Å². The number of anilines is 1. The molecule has 0 amide bonds. The molecule has 0 bridgehead atoms. The monoisotopic (exact) mass is 289 g/mol. The Morgan fingerprint density at radius 3 is 2.23 bits per heavy atom. The van der Waals surface area contributed by atoms with Crippen molar-refractivity contribution >= 4 is 16.8 Å². The van der Waals surface area contributed by atoms with Crippen molar-refractivity contribution in [3.05, 3.63) is 77.4 Å². The van der Waals surface area contributed by atoms with Crippen LogP contribution in [0.25, 0.3) is 11.1 Å². The van der Waals surface area contributed by atoms with Gasteiger partial charge in [0.2, 0.25) is 0 Å². The summed E-state index contributed by atoms with van der Waals surface area (Å²) >= 11 is 0. The number of hydrogen-bond donors (Lipinski definition) is 1. The van der Waals surface area contributed by atoms with Crippen LogP contribution in [0.2, 0.25) is 0 Å². The highest BCUT2D eigenvalue weighted by molar-refractivity contribution is 5.96. The molecule has 0 aliphatic heterocycles. The fraction of sp³-hybridized carbons (Fsp3) is 0.238. The van der Waals surface area contributed by atoms with Gasteiger partial charge in [0, 0.05) is 5.69 Å².